The lowest BCUT2D eigenvalue weighted by atomic mass is 9.91. The Morgan fingerprint density at radius 3 is 2.13 bits per heavy atom. The molecule has 0 radical (unpaired) electrons. The van der Waals surface area contributed by atoms with Gasteiger partial charge >= 0.3 is 0 Å². The lowest BCUT2D eigenvalue weighted by Crippen LogP contribution is -2.41. The number of benzene rings is 3. The molecule has 0 atom stereocenters. The number of hydrogen-bond acceptors (Lipinski definition) is 4. The number of rotatable bonds is 5. The minimum atomic E-state index is -0.333. The molecule has 0 saturated carbocycles. The van der Waals surface area contributed by atoms with Gasteiger partial charge in [0.2, 0.25) is 0 Å². The van der Waals surface area contributed by atoms with E-state index in [0.717, 1.165) is 16.9 Å². The largest absolute Gasteiger partial charge is 0.497 e. The van der Waals surface area contributed by atoms with Gasteiger partial charge in [-0.3, -0.25) is 14.5 Å². The van der Waals surface area contributed by atoms with Crippen LogP contribution in [0.4, 0.5) is 0 Å². The highest BCUT2D eigenvalue weighted by Gasteiger charge is 2.34. The monoisotopic (exact) mass is 399 g/mol. The van der Waals surface area contributed by atoms with Crippen LogP contribution in [0.3, 0.4) is 0 Å². The van der Waals surface area contributed by atoms with E-state index < -0.39 is 0 Å². The Bertz CT molecular complexity index is 1130. The third-order valence-electron chi connectivity index (χ3n) is 5.11. The fourth-order valence-corrected chi connectivity index (χ4v) is 3.54. The predicted molar refractivity (Wildman–Crippen MR) is 115 cm³/mol. The van der Waals surface area contributed by atoms with Crippen LogP contribution in [0, 0.1) is 0 Å². The van der Waals surface area contributed by atoms with Gasteiger partial charge in [0.05, 0.1) is 20.8 Å². The molecular formula is C25H21NO4. The number of para-hydroxylation sites is 1. The number of imide groups is 1. The first-order valence-corrected chi connectivity index (χ1v) is 9.55. The van der Waals surface area contributed by atoms with Gasteiger partial charge in [-0.25, -0.2) is 0 Å². The Morgan fingerprint density at radius 2 is 1.43 bits per heavy atom. The smallest absolute Gasteiger partial charge is 0.261 e. The molecule has 0 bridgehead atoms. The van der Waals surface area contributed by atoms with Gasteiger partial charge in [-0.15, -0.1) is 0 Å². The van der Waals surface area contributed by atoms with E-state index in [-0.39, 0.29) is 18.4 Å². The van der Waals surface area contributed by atoms with Crippen molar-refractivity contribution in [3.63, 3.8) is 0 Å². The molecule has 0 fully saturated rings. The van der Waals surface area contributed by atoms with E-state index in [9.17, 15) is 9.59 Å². The first kappa shape index (κ1) is 19.5. The van der Waals surface area contributed by atoms with E-state index in [0.29, 0.717) is 22.4 Å². The molecule has 30 heavy (non-hydrogen) atoms. The molecule has 1 aliphatic heterocycles. The normalized spacial score (nSPS) is 14.6. The molecular weight excluding hydrogens is 378 g/mol. The summed E-state index contributed by atoms with van der Waals surface area (Å²) in [6.45, 7) is 0.180. The van der Waals surface area contributed by atoms with Crippen molar-refractivity contribution in [2.24, 2.45) is 0 Å². The summed E-state index contributed by atoms with van der Waals surface area (Å²) in [7, 11) is 3.19. The molecule has 0 aromatic heterocycles. The maximum absolute atomic E-state index is 13.4. The van der Waals surface area contributed by atoms with E-state index in [1.165, 1.54) is 4.90 Å². The highest BCUT2D eigenvalue weighted by molar-refractivity contribution is 6.33. The van der Waals surface area contributed by atoms with Crippen molar-refractivity contribution in [3.05, 3.63) is 95.1 Å². The van der Waals surface area contributed by atoms with Crippen LogP contribution in [0.2, 0.25) is 0 Å². The van der Waals surface area contributed by atoms with Crippen LogP contribution < -0.4 is 9.47 Å². The van der Waals surface area contributed by atoms with Gasteiger partial charge in [-0.1, -0.05) is 48.5 Å². The number of carbonyl (C=O) groups excluding carboxylic acids is 2. The molecule has 0 N–H and O–H groups in total. The maximum atomic E-state index is 13.4. The number of carbonyl (C=O) groups is 2. The maximum Gasteiger partial charge on any atom is 0.261 e. The molecule has 0 aliphatic carbocycles. The third-order valence-corrected chi connectivity index (χ3v) is 5.11. The number of nitrogens with zero attached hydrogens (tertiary/aromatic N) is 1. The average molecular weight is 399 g/mol. The van der Waals surface area contributed by atoms with Crippen molar-refractivity contribution in [2.45, 2.75) is 6.54 Å². The van der Waals surface area contributed by atoms with Crippen molar-refractivity contribution >= 4 is 23.5 Å². The Hall–Kier alpha value is -3.86. The number of fused-ring (bicyclic) bond motifs is 1. The van der Waals surface area contributed by atoms with Crippen LogP contribution in [0.1, 0.15) is 27.0 Å². The van der Waals surface area contributed by atoms with Crippen molar-refractivity contribution in [1.29, 1.82) is 0 Å². The van der Waals surface area contributed by atoms with Crippen molar-refractivity contribution in [3.8, 4) is 11.5 Å². The van der Waals surface area contributed by atoms with Crippen LogP contribution in [0.15, 0.2) is 72.8 Å². The topological polar surface area (TPSA) is 55.8 Å². The second kappa shape index (κ2) is 8.25. The number of methoxy groups -OCH3 is 2. The Labute approximate surface area is 175 Å². The van der Waals surface area contributed by atoms with Crippen molar-refractivity contribution in [1.82, 2.24) is 4.90 Å². The van der Waals surface area contributed by atoms with Gasteiger partial charge in [0.25, 0.3) is 11.8 Å². The van der Waals surface area contributed by atoms with Crippen LogP contribution in [0.5, 0.6) is 11.5 Å². The first-order valence-electron chi connectivity index (χ1n) is 9.55. The zero-order valence-electron chi connectivity index (χ0n) is 16.8. The molecule has 3 aromatic carbocycles. The standard InChI is InChI=1S/C25H21NO4/c1-29-19-13-11-17(12-14-19)16-26-24(27)21-9-5-4-8-20(21)22(25(26)28)15-18-7-3-6-10-23(18)30-2/h3-15H,16H2,1-2H3. The third kappa shape index (κ3) is 3.57. The van der Waals surface area contributed by atoms with Crippen LogP contribution in [0.25, 0.3) is 11.6 Å². The quantitative estimate of drug-likeness (QED) is 0.471. The van der Waals surface area contributed by atoms with Crippen LogP contribution >= 0.6 is 0 Å². The van der Waals surface area contributed by atoms with Gasteiger partial charge in [-0.2, -0.15) is 0 Å². The Balaban J connectivity index is 1.78. The number of amides is 2. The van der Waals surface area contributed by atoms with Gasteiger partial charge in [0.1, 0.15) is 11.5 Å². The molecule has 5 nitrogen and oxygen atoms in total. The molecule has 5 heteroatoms. The lowest BCUT2D eigenvalue weighted by Gasteiger charge is -2.29. The average Bonchev–Trinajstić information content (AvgIpc) is 2.80. The van der Waals surface area contributed by atoms with E-state index in [2.05, 4.69) is 0 Å². The summed E-state index contributed by atoms with van der Waals surface area (Å²) in [4.78, 5) is 27.8. The molecule has 1 aliphatic rings. The SMILES string of the molecule is COc1ccc(CN2C(=O)C(=Cc3ccccc3OC)c3ccccc3C2=O)cc1. The Morgan fingerprint density at radius 1 is 0.767 bits per heavy atom. The molecule has 4 rings (SSSR count). The minimum absolute atomic E-state index is 0.180. The van der Waals surface area contributed by atoms with Gasteiger partial charge in [0.15, 0.2) is 0 Å². The van der Waals surface area contributed by atoms with E-state index in [1.807, 2.05) is 54.6 Å². The molecule has 0 unspecified atom stereocenters. The second-order valence-corrected chi connectivity index (χ2v) is 6.89. The zero-order chi connectivity index (χ0) is 21.1. The molecule has 3 aromatic rings. The van der Waals surface area contributed by atoms with Crippen LogP contribution in [-0.4, -0.2) is 30.9 Å². The lowest BCUT2D eigenvalue weighted by molar-refractivity contribution is -0.123. The molecule has 150 valence electrons. The zero-order valence-corrected chi connectivity index (χ0v) is 16.8. The summed E-state index contributed by atoms with van der Waals surface area (Å²) in [6.07, 6.45) is 1.79. The minimum Gasteiger partial charge on any atom is -0.497 e. The van der Waals surface area contributed by atoms with Gasteiger partial charge < -0.3 is 9.47 Å². The number of ether oxygens (including phenoxy) is 2. The summed E-state index contributed by atoms with van der Waals surface area (Å²) < 4.78 is 10.6. The Kier molecular flexibility index (Phi) is 5.35. The summed E-state index contributed by atoms with van der Waals surface area (Å²) in [5.74, 6) is 0.745. The fourth-order valence-electron chi connectivity index (χ4n) is 3.54. The number of hydrogen-bond donors (Lipinski definition) is 0. The predicted octanol–water partition coefficient (Wildman–Crippen LogP) is 4.43. The van der Waals surface area contributed by atoms with Gasteiger partial charge in [-0.05, 0) is 41.5 Å². The van der Waals surface area contributed by atoms with E-state index >= 15 is 0 Å². The van der Waals surface area contributed by atoms with Crippen molar-refractivity contribution in [2.75, 3.05) is 14.2 Å². The fraction of sp³-hybridized carbons (Fsp3) is 0.120. The summed E-state index contributed by atoms with van der Waals surface area (Å²) in [6, 6.07) is 22.0. The molecule has 0 spiro atoms. The molecule has 0 saturated heterocycles. The molecule has 2 amide bonds. The van der Waals surface area contributed by atoms with Crippen LogP contribution in [-0.2, 0) is 11.3 Å². The molecule has 1 heterocycles. The second-order valence-electron chi connectivity index (χ2n) is 6.89. The summed E-state index contributed by atoms with van der Waals surface area (Å²) >= 11 is 0. The first-order chi connectivity index (χ1) is 14.6. The van der Waals surface area contributed by atoms with E-state index in [4.69, 9.17) is 9.47 Å². The highest BCUT2D eigenvalue weighted by Crippen LogP contribution is 2.33. The summed E-state index contributed by atoms with van der Waals surface area (Å²) in [5, 5.41) is 0. The highest BCUT2D eigenvalue weighted by atomic mass is 16.5. The van der Waals surface area contributed by atoms with E-state index in [1.54, 1.807) is 38.5 Å². The summed E-state index contributed by atoms with van der Waals surface area (Å²) in [5.41, 5.74) is 3.21. The van der Waals surface area contributed by atoms with Gasteiger partial charge in [0, 0.05) is 16.7 Å². The van der Waals surface area contributed by atoms with Crippen molar-refractivity contribution < 1.29 is 19.1 Å².